The van der Waals surface area contributed by atoms with E-state index in [1.54, 1.807) is 45.9 Å². The molecule has 2 rings (SSSR count). The first-order valence-electron chi connectivity index (χ1n) is 13.8. The minimum absolute atomic E-state index is 0.211. The molecule has 3 atom stereocenters. The summed E-state index contributed by atoms with van der Waals surface area (Å²) in [4.78, 5) is 66.9. The van der Waals surface area contributed by atoms with Crippen molar-refractivity contribution in [2.75, 3.05) is 18.9 Å². The molecule has 226 valence electrons. The normalized spacial score (nSPS) is 16.7. The summed E-state index contributed by atoms with van der Waals surface area (Å²) in [5.41, 5.74) is -0.0357. The van der Waals surface area contributed by atoms with E-state index in [0.717, 1.165) is 5.56 Å². The van der Waals surface area contributed by atoms with Crippen LogP contribution in [0.2, 0.25) is 0 Å². The number of nitrogens with one attached hydrogen (secondary N) is 3. The topological polar surface area (TPSA) is 137 Å². The van der Waals surface area contributed by atoms with Gasteiger partial charge in [0.25, 0.3) is 0 Å². The van der Waals surface area contributed by atoms with Crippen LogP contribution in [0.25, 0.3) is 0 Å². The molecule has 0 aromatic heterocycles. The van der Waals surface area contributed by atoms with E-state index in [1.807, 2.05) is 26.8 Å². The van der Waals surface area contributed by atoms with Gasteiger partial charge in [0.05, 0.1) is 0 Å². The molecule has 41 heavy (non-hydrogen) atoms. The van der Waals surface area contributed by atoms with Crippen molar-refractivity contribution >= 4 is 35.4 Å². The number of nitrogens with zero attached hydrogens (tertiary/aromatic N) is 2. The molecule has 1 aliphatic rings. The van der Waals surface area contributed by atoms with Crippen LogP contribution in [0.3, 0.4) is 0 Å². The third-order valence-electron chi connectivity index (χ3n) is 6.73. The fourth-order valence-corrected chi connectivity index (χ4v) is 4.31. The van der Waals surface area contributed by atoms with Gasteiger partial charge in [0.2, 0.25) is 23.6 Å². The van der Waals surface area contributed by atoms with Crippen molar-refractivity contribution in [3.63, 3.8) is 0 Å². The third-order valence-corrected chi connectivity index (χ3v) is 6.73. The minimum Gasteiger partial charge on any atom is -0.444 e. The number of likely N-dealkylation sites (N-methyl/N-ethyl adjacent to an activating group) is 1. The molecule has 0 saturated carbocycles. The summed E-state index contributed by atoms with van der Waals surface area (Å²) in [6.07, 6.45) is 1.67. The highest BCUT2D eigenvalue weighted by Crippen LogP contribution is 2.26. The summed E-state index contributed by atoms with van der Waals surface area (Å²) in [5.74, 6) is -1.49. The lowest BCUT2D eigenvalue weighted by atomic mass is 9.85. The fourth-order valence-electron chi connectivity index (χ4n) is 4.31. The Kier molecular flexibility index (Phi) is 11.1. The van der Waals surface area contributed by atoms with Crippen LogP contribution in [0.5, 0.6) is 0 Å². The Morgan fingerprint density at radius 1 is 1.15 bits per heavy atom. The van der Waals surface area contributed by atoms with Crippen LogP contribution < -0.4 is 16.0 Å². The van der Waals surface area contributed by atoms with E-state index >= 15 is 0 Å². The maximum absolute atomic E-state index is 13.8. The summed E-state index contributed by atoms with van der Waals surface area (Å²) in [6.45, 7) is 16.3. The first kappa shape index (κ1) is 33.3. The van der Waals surface area contributed by atoms with Crippen molar-refractivity contribution in [2.45, 2.75) is 91.6 Å². The van der Waals surface area contributed by atoms with Gasteiger partial charge < -0.3 is 25.6 Å². The molecular formula is C30H45N5O6. The Bertz CT molecular complexity index is 1150. The molecule has 11 heteroatoms. The molecule has 0 unspecified atom stereocenters. The van der Waals surface area contributed by atoms with E-state index in [4.69, 9.17) is 4.74 Å². The predicted molar refractivity (Wildman–Crippen MR) is 157 cm³/mol. The van der Waals surface area contributed by atoms with Crippen molar-refractivity contribution in [1.29, 1.82) is 0 Å². The van der Waals surface area contributed by atoms with Crippen molar-refractivity contribution in [1.82, 2.24) is 20.4 Å². The lowest BCUT2D eigenvalue weighted by Gasteiger charge is -2.36. The molecule has 11 nitrogen and oxygen atoms in total. The Morgan fingerprint density at radius 3 is 2.39 bits per heavy atom. The fraction of sp³-hybridized carbons (Fsp3) is 0.567. The largest absolute Gasteiger partial charge is 0.444 e. The van der Waals surface area contributed by atoms with Gasteiger partial charge in [-0.15, -0.1) is 0 Å². The molecule has 0 bridgehead atoms. The van der Waals surface area contributed by atoms with E-state index in [9.17, 15) is 24.0 Å². The number of likely N-dealkylation sites (tertiary alicyclic amines) is 1. The van der Waals surface area contributed by atoms with Gasteiger partial charge in [-0.1, -0.05) is 39.5 Å². The number of ether oxygens (including phenoxy) is 1. The van der Waals surface area contributed by atoms with E-state index in [0.29, 0.717) is 25.1 Å². The van der Waals surface area contributed by atoms with Gasteiger partial charge in [0.1, 0.15) is 23.7 Å². The number of anilines is 1. The van der Waals surface area contributed by atoms with Gasteiger partial charge in [-0.05, 0) is 69.7 Å². The number of hydrogen-bond acceptors (Lipinski definition) is 6. The minimum atomic E-state index is -0.928. The number of rotatable bonds is 9. The number of carbonyl (C=O) groups is 5. The van der Waals surface area contributed by atoms with Crippen LogP contribution in [0.4, 0.5) is 10.5 Å². The third kappa shape index (κ3) is 9.61. The Balaban J connectivity index is 2.10. The highest BCUT2D eigenvalue weighted by molar-refractivity contribution is 5.99. The maximum atomic E-state index is 13.8. The Morgan fingerprint density at radius 2 is 1.80 bits per heavy atom. The van der Waals surface area contributed by atoms with Crippen LogP contribution in [0.1, 0.15) is 66.9 Å². The molecule has 1 aliphatic heterocycles. The summed E-state index contributed by atoms with van der Waals surface area (Å²) in [5, 5.41) is 8.40. The highest BCUT2D eigenvalue weighted by Gasteiger charge is 2.42. The van der Waals surface area contributed by atoms with E-state index in [-0.39, 0.29) is 24.3 Å². The van der Waals surface area contributed by atoms with Crippen LogP contribution in [-0.4, -0.2) is 76.8 Å². The summed E-state index contributed by atoms with van der Waals surface area (Å²) < 4.78 is 5.36. The first-order chi connectivity index (χ1) is 18.9. The molecule has 0 radical (unpaired) electrons. The number of amides is 5. The van der Waals surface area contributed by atoms with E-state index in [1.165, 1.54) is 22.9 Å². The van der Waals surface area contributed by atoms with Crippen LogP contribution in [-0.2, 0) is 30.5 Å². The van der Waals surface area contributed by atoms with Crippen molar-refractivity contribution < 1.29 is 28.7 Å². The standard InChI is InChI=1S/C30H45N5O6/c1-10-23(36)32-21-14-11-13-20(17-21)18-31-26(38)22-15-12-16-35(22)27(39)24(29(3,4)5)33-25(37)19(2)34(9)28(40)41-30(6,7)8/h10-11,13-14,17,19,22,24H,1,12,15-16,18H2,2-9H3,(H,31,38)(H,32,36)(H,33,37)/t19-,22-,24+/m0/s1. The molecule has 1 heterocycles. The Labute approximate surface area is 243 Å². The number of carbonyl (C=O) groups excluding carboxylic acids is 5. The molecule has 3 N–H and O–H groups in total. The zero-order valence-electron chi connectivity index (χ0n) is 25.5. The van der Waals surface area contributed by atoms with Crippen LogP contribution in [0.15, 0.2) is 36.9 Å². The van der Waals surface area contributed by atoms with E-state index in [2.05, 4.69) is 22.5 Å². The van der Waals surface area contributed by atoms with Gasteiger partial charge in [-0.25, -0.2) is 4.79 Å². The average molecular weight is 572 g/mol. The molecule has 0 aliphatic carbocycles. The van der Waals surface area contributed by atoms with Gasteiger partial charge in [-0.3, -0.25) is 24.1 Å². The number of hydrogen-bond donors (Lipinski definition) is 3. The second-order valence-electron chi connectivity index (χ2n) is 12.4. The van der Waals surface area contributed by atoms with Gasteiger partial charge >= 0.3 is 6.09 Å². The SMILES string of the molecule is C=CC(=O)Nc1cccc(CNC(=O)[C@@H]2CCCN2C(=O)[C@@H](NC(=O)[C@H](C)N(C)C(=O)OC(C)(C)C)C(C)(C)C)c1. The molecule has 5 amide bonds. The highest BCUT2D eigenvalue weighted by atomic mass is 16.6. The summed E-state index contributed by atoms with van der Waals surface area (Å²) in [7, 11) is 1.47. The number of benzene rings is 1. The van der Waals surface area contributed by atoms with Crippen molar-refractivity contribution in [2.24, 2.45) is 5.41 Å². The van der Waals surface area contributed by atoms with Gasteiger partial charge in [0, 0.05) is 25.8 Å². The lowest BCUT2D eigenvalue weighted by molar-refractivity contribution is -0.144. The second-order valence-corrected chi connectivity index (χ2v) is 12.4. The smallest absolute Gasteiger partial charge is 0.410 e. The molecule has 0 spiro atoms. The van der Waals surface area contributed by atoms with Crippen molar-refractivity contribution in [3.05, 3.63) is 42.5 Å². The second kappa shape index (κ2) is 13.6. The summed E-state index contributed by atoms with van der Waals surface area (Å²) in [6, 6.07) is 4.56. The molecular weight excluding hydrogens is 526 g/mol. The average Bonchev–Trinajstić information content (AvgIpc) is 3.37. The predicted octanol–water partition coefficient (Wildman–Crippen LogP) is 3.20. The summed E-state index contributed by atoms with van der Waals surface area (Å²) >= 11 is 0. The zero-order chi connectivity index (χ0) is 31.1. The Hall–Kier alpha value is -3.89. The molecule has 1 saturated heterocycles. The first-order valence-corrected chi connectivity index (χ1v) is 13.8. The quantitative estimate of drug-likeness (QED) is 0.390. The van der Waals surface area contributed by atoms with Crippen LogP contribution >= 0.6 is 0 Å². The van der Waals surface area contributed by atoms with Crippen LogP contribution in [0, 0.1) is 5.41 Å². The van der Waals surface area contributed by atoms with E-state index < -0.39 is 41.1 Å². The molecule has 1 aromatic rings. The zero-order valence-corrected chi connectivity index (χ0v) is 25.5. The molecule has 1 aromatic carbocycles. The molecule has 1 fully saturated rings. The van der Waals surface area contributed by atoms with Gasteiger partial charge in [-0.2, -0.15) is 0 Å². The monoisotopic (exact) mass is 571 g/mol. The maximum Gasteiger partial charge on any atom is 0.410 e. The van der Waals surface area contributed by atoms with Gasteiger partial charge in [0.15, 0.2) is 0 Å². The lowest BCUT2D eigenvalue weighted by Crippen LogP contribution is -2.60. The van der Waals surface area contributed by atoms with Crippen molar-refractivity contribution in [3.8, 4) is 0 Å².